The van der Waals surface area contributed by atoms with Gasteiger partial charge in [0.1, 0.15) is 5.76 Å². The van der Waals surface area contributed by atoms with Crippen LogP contribution in [0.2, 0.25) is 0 Å². The number of hydrogen-bond acceptors (Lipinski definition) is 4. The number of nitrogens with one attached hydrogen (secondary N) is 1. The average Bonchev–Trinajstić information content (AvgIpc) is 2.99. The highest BCUT2D eigenvalue weighted by molar-refractivity contribution is 6.04. The van der Waals surface area contributed by atoms with Crippen LogP contribution in [0.15, 0.2) is 28.8 Å². The molecule has 1 aliphatic rings. The van der Waals surface area contributed by atoms with Crippen molar-refractivity contribution in [1.29, 1.82) is 0 Å². The topological polar surface area (TPSA) is 92.4 Å². The van der Waals surface area contributed by atoms with Crippen LogP contribution < -0.4 is 5.32 Å². The van der Waals surface area contributed by atoms with Gasteiger partial charge in [-0.1, -0.05) is 17.3 Å². The first-order chi connectivity index (χ1) is 11.4. The number of benzene rings is 1. The Kier molecular flexibility index (Phi) is 4.13. The number of aromatic nitrogens is 1. The van der Waals surface area contributed by atoms with Gasteiger partial charge in [0.25, 0.3) is 5.91 Å². The van der Waals surface area contributed by atoms with Gasteiger partial charge in [0.2, 0.25) is 0 Å². The number of nitrogens with zero attached hydrogens (tertiary/aromatic N) is 1. The molecule has 3 rings (SSSR count). The van der Waals surface area contributed by atoms with E-state index in [-0.39, 0.29) is 5.91 Å². The first-order valence-electron chi connectivity index (χ1n) is 8.02. The van der Waals surface area contributed by atoms with Crippen molar-refractivity contribution in [3.8, 4) is 0 Å². The smallest absolute Gasteiger partial charge is 0.313 e. The Bertz CT molecular complexity index is 775. The van der Waals surface area contributed by atoms with E-state index in [1.54, 1.807) is 38.1 Å². The zero-order valence-corrected chi connectivity index (χ0v) is 13.8. The van der Waals surface area contributed by atoms with Crippen molar-refractivity contribution >= 4 is 17.6 Å². The third-order valence-electron chi connectivity index (χ3n) is 4.56. The van der Waals surface area contributed by atoms with Gasteiger partial charge in [-0.05, 0) is 50.8 Å². The minimum atomic E-state index is -0.978. The largest absolute Gasteiger partial charge is 0.481 e. The van der Waals surface area contributed by atoms with E-state index in [1.165, 1.54) is 0 Å². The highest BCUT2D eigenvalue weighted by Gasteiger charge is 2.29. The Balaban J connectivity index is 1.76. The summed E-state index contributed by atoms with van der Waals surface area (Å²) < 4.78 is 5.26. The lowest BCUT2D eigenvalue weighted by molar-refractivity contribution is -0.142. The molecule has 24 heavy (non-hydrogen) atoms. The Morgan fingerprint density at radius 2 is 1.83 bits per heavy atom. The molecule has 0 bridgehead atoms. The minimum Gasteiger partial charge on any atom is -0.481 e. The molecule has 0 radical (unpaired) electrons. The molecule has 2 N–H and O–H groups in total. The van der Waals surface area contributed by atoms with Gasteiger partial charge in [0, 0.05) is 17.7 Å². The van der Waals surface area contributed by atoms with Crippen LogP contribution in [-0.2, 0) is 23.1 Å². The van der Waals surface area contributed by atoms with E-state index < -0.39 is 11.4 Å². The summed E-state index contributed by atoms with van der Waals surface area (Å²) in [7, 11) is 0. The lowest BCUT2D eigenvalue weighted by atomic mass is 9.85. The lowest BCUT2D eigenvalue weighted by Gasteiger charge is -2.19. The second-order valence-electron chi connectivity index (χ2n) is 6.60. The summed E-state index contributed by atoms with van der Waals surface area (Å²) in [6.45, 7) is 3.29. The minimum absolute atomic E-state index is 0.299. The molecular weight excluding hydrogens is 308 g/mol. The Morgan fingerprint density at radius 3 is 2.50 bits per heavy atom. The van der Waals surface area contributed by atoms with E-state index >= 15 is 0 Å². The van der Waals surface area contributed by atoms with Crippen molar-refractivity contribution in [3.63, 3.8) is 0 Å². The van der Waals surface area contributed by atoms with Gasteiger partial charge in [0.05, 0.1) is 5.41 Å². The highest BCUT2D eigenvalue weighted by atomic mass is 16.5. The van der Waals surface area contributed by atoms with Crippen molar-refractivity contribution < 1.29 is 19.2 Å². The van der Waals surface area contributed by atoms with Crippen molar-refractivity contribution in [2.24, 2.45) is 0 Å². The predicted molar refractivity (Wildman–Crippen MR) is 88.2 cm³/mol. The number of anilines is 1. The number of carbonyl (C=O) groups excluding carboxylic acids is 1. The quantitative estimate of drug-likeness (QED) is 0.899. The normalized spacial score (nSPS) is 14.1. The van der Waals surface area contributed by atoms with Crippen molar-refractivity contribution in [2.45, 2.75) is 44.9 Å². The molecule has 1 aromatic heterocycles. The van der Waals surface area contributed by atoms with E-state index in [9.17, 15) is 14.7 Å². The first-order valence-corrected chi connectivity index (χ1v) is 8.02. The van der Waals surface area contributed by atoms with Gasteiger partial charge in [-0.2, -0.15) is 0 Å². The van der Waals surface area contributed by atoms with Crippen molar-refractivity contribution in [1.82, 2.24) is 5.16 Å². The first kappa shape index (κ1) is 16.2. The molecule has 0 unspecified atom stereocenters. The Labute approximate surface area is 139 Å². The molecule has 0 saturated carbocycles. The molecular formula is C18H20N2O4. The summed E-state index contributed by atoms with van der Waals surface area (Å²) in [5, 5.41) is 16.0. The number of hydrogen-bond donors (Lipinski definition) is 2. The summed E-state index contributed by atoms with van der Waals surface area (Å²) in [4.78, 5) is 23.7. The highest BCUT2D eigenvalue weighted by Crippen LogP contribution is 2.26. The third-order valence-corrected chi connectivity index (χ3v) is 4.56. The summed E-state index contributed by atoms with van der Waals surface area (Å²) >= 11 is 0. The SMILES string of the molecule is CC(C)(C(=O)O)c1ccc(NC(=O)c2noc3c2CCCC3)cc1. The zero-order valence-electron chi connectivity index (χ0n) is 13.8. The Morgan fingerprint density at radius 1 is 1.17 bits per heavy atom. The number of amides is 1. The third kappa shape index (κ3) is 2.91. The second kappa shape index (κ2) is 6.11. The van der Waals surface area contributed by atoms with Crippen LogP contribution in [0.3, 0.4) is 0 Å². The molecule has 6 nitrogen and oxygen atoms in total. The molecule has 1 amide bonds. The molecule has 0 spiro atoms. The molecule has 0 atom stereocenters. The van der Waals surface area contributed by atoms with Crippen LogP contribution in [0, 0.1) is 0 Å². The van der Waals surface area contributed by atoms with Crippen LogP contribution in [-0.4, -0.2) is 22.1 Å². The van der Waals surface area contributed by atoms with Gasteiger partial charge in [-0.15, -0.1) is 0 Å². The Hall–Kier alpha value is -2.63. The van der Waals surface area contributed by atoms with Gasteiger partial charge in [-0.3, -0.25) is 9.59 Å². The van der Waals surface area contributed by atoms with Crippen LogP contribution in [0.5, 0.6) is 0 Å². The molecule has 126 valence electrons. The fourth-order valence-electron chi connectivity index (χ4n) is 2.85. The molecule has 0 fully saturated rings. The van der Waals surface area contributed by atoms with Crippen LogP contribution >= 0.6 is 0 Å². The zero-order chi connectivity index (χ0) is 17.3. The average molecular weight is 328 g/mol. The maximum atomic E-state index is 12.4. The standard InChI is InChI=1S/C18H20N2O4/c1-18(2,17(22)23)11-7-9-12(10-8-11)19-16(21)15-13-5-3-4-6-14(13)24-20-15/h7-10H,3-6H2,1-2H3,(H,19,21)(H,22,23). The number of fused-ring (bicyclic) bond motifs is 1. The van der Waals surface area contributed by atoms with Crippen LogP contribution in [0.4, 0.5) is 5.69 Å². The van der Waals surface area contributed by atoms with Crippen molar-refractivity contribution in [2.75, 3.05) is 5.32 Å². The second-order valence-corrected chi connectivity index (χ2v) is 6.60. The number of carboxylic acids is 1. The molecule has 2 aromatic rings. The summed E-state index contributed by atoms with van der Waals surface area (Å²) in [6.07, 6.45) is 3.74. The fourth-order valence-corrected chi connectivity index (χ4v) is 2.85. The van der Waals surface area contributed by atoms with E-state index in [0.717, 1.165) is 37.0 Å². The number of aliphatic carboxylic acids is 1. The number of aryl methyl sites for hydroxylation is 1. The lowest BCUT2D eigenvalue weighted by Crippen LogP contribution is -2.28. The summed E-state index contributed by atoms with van der Waals surface area (Å²) in [6, 6.07) is 6.82. The van der Waals surface area contributed by atoms with E-state index in [0.29, 0.717) is 16.9 Å². The number of rotatable bonds is 4. The van der Waals surface area contributed by atoms with Gasteiger partial charge < -0.3 is 14.9 Å². The maximum Gasteiger partial charge on any atom is 0.313 e. The van der Waals surface area contributed by atoms with E-state index in [4.69, 9.17) is 4.52 Å². The maximum absolute atomic E-state index is 12.4. The van der Waals surface area contributed by atoms with E-state index in [2.05, 4.69) is 10.5 Å². The fraction of sp³-hybridized carbons (Fsp3) is 0.389. The molecule has 1 aliphatic carbocycles. The summed E-state index contributed by atoms with van der Waals surface area (Å²) in [5.41, 5.74) is 1.54. The van der Waals surface area contributed by atoms with Crippen molar-refractivity contribution in [3.05, 3.63) is 46.8 Å². The molecule has 0 saturated heterocycles. The van der Waals surface area contributed by atoms with E-state index in [1.807, 2.05) is 0 Å². The molecule has 6 heteroatoms. The molecule has 1 aromatic carbocycles. The van der Waals surface area contributed by atoms with Gasteiger partial charge in [0.15, 0.2) is 5.69 Å². The van der Waals surface area contributed by atoms with Crippen LogP contribution in [0.25, 0.3) is 0 Å². The van der Waals surface area contributed by atoms with Gasteiger partial charge >= 0.3 is 5.97 Å². The number of carboxylic acid groups (broad SMARTS) is 1. The predicted octanol–water partition coefficient (Wildman–Crippen LogP) is 3.17. The van der Waals surface area contributed by atoms with Gasteiger partial charge in [-0.25, -0.2) is 0 Å². The molecule has 0 aliphatic heterocycles. The monoisotopic (exact) mass is 328 g/mol. The van der Waals surface area contributed by atoms with Crippen LogP contribution in [0.1, 0.15) is 54.1 Å². The molecule has 1 heterocycles. The number of carbonyl (C=O) groups is 2. The summed E-state index contributed by atoms with van der Waals surface area (Å²) in [5.74, 6) is -0.384.